The molecule has 25 heavy (non-hydrogen) atoms. The van der Waals surface area contributed by atoms with E-state index in [2.05, 4.69) is 33.8 Å². The Morgan fingerprint density at radius 1 is 1.08 bits per heavy atom. The maximum Gasteiger partial charge on any atom is 0.236 e. The minimum absolute atomic E-state index is 0.311. The molecular weight excluding hydrogens is 314 g/mol. The highest BCUT2D eigenvalue weighted by molar-refractivity contribution is 5.78. The molecule has 1 aromatic carbocycles. The number of piperidine rings is 1. The number of hydrogen-bond donors (Lipinski definition) is 0. The highest BCUT2D eigenvalue weighted by Crippen LogP contribution is 2.20. The third kappa shape index (κ3) is 4.73. The van der Waals surface area contributed by atoms with Crippen LogP contribution in [0.1, 0.15) is 31.7 Å². The van der Waals surface area contributed by atoms with Crippen molar-refractivity contribution in [2.24, 2.45) is 0 Å². The molecule has 0 aromatic heterocycles. The Bertz CT molecular complexity index is 570. The number of nitrogens with zero attached hydrogens (tertiary/aromatic N) is 3. The van der Waals surface area contributed by atoms with Crippen LogP contribution >= 0.6 is 0 Å². The zero-order valence-electron chi connectivity index (χ0n) is 15.6. The fourth-order valence-corrected chi connectivity index (χ4v) is 3.93. The number of para-hydroxylation sites is 1. The summed E-state index contributed by atoms with van der Waals surface area (Å²) in [5, 5.41) is 0. The van der Waals surface area contributed by atoms with Crippen molar-refractivity contribution in [2.75, 3.05) is 46.4 Å². The van der Waals surface area contributed by atoms with Gasteiger partial charge in [-0.05, 0) is 32.3 Å². The van der Waals surface area contributed by atoms with Crippen molar-refractivity contribution in [2.45, 2.75) is 38.8 Å². The zero-order valence-corrected chi connectivity index (χ0v) is 15.6. The van der Waals surface area contributed by atoms with E-state index in [9.17, 15) is 4.79 Å². The van der Waals surface area contributed by atoms with E-state index in [1.54, 1.807) is 7.11 Å². The number of methoxy groups -OCH3 is 1. The Labute approximate surface area is 151 Å². The highest BCUT2D eigenvalue weighted by Gasteiger charge is 2.26. The van der Waals surface area contributed by atoms with E-state index in [0.29, 0.717) is 18.5 Å². The third-order valence-electron chi connectivity index (χ3n) is 5.53. The van der Waals surface area contributed by atoms with Crippen LogP contribution in [0.4, 0.5) is 0 Å². The molecule has 1 amide bonds. The van der Waals surface area contributed by atoms with Gasteiger partial charge in [-0.15, -0.1) is 0 Å². The fourth-order valence-electron chi connectivity index (χ4n) is 3.93. The maximum atomic E-state index is 12.6. The van der Waals surface area contributed by atoms with E-state index < -0.39 is 0 Å². The summed E-state index contributed by atoms with van der Waals surface area (Å²) in [6.07, 6.45) is 3.56. The number of piperazine rings is 1. The molecule has 1 atom stereocenters. The molecule has 2 heterocycles. The lowest BCUT2D eigenvalue weighted by atomic mass is 10.0. The van der Waals surface area contributed by atoms with Crippen molar-refractivity contribution < 1.29 is 9.53 Å². The second-order valence-electron chi connectivity index (χ2n) is 7.30. The van der Waals surface area contributed by atoms with Gasteiger partial charge in [0.25, 0.3) is 0 Å². The SMILES string of the molecule is COc1ccccc1CN1CCN(CC(=O)N2CCCCC2C)CC1. The number of amides is 1. The van der Waals surface area contributed by atoms with Crippen molar-refractivity contribution in [3.8, 4) is 5.75 Å². The number of benzene rings is 1. The van der Waals surface area contributed by atoms with Gasteiger partial charge >= 0.3 is 0 Å². The molecule has 138 valence electrons. The Morgan fingerprint density at radius 2 is 1.80 bits per heavy atom. The summed E-state index contributed by atoms with van der Waals surface area (Å²) < 4.78 is 5.45. The van der Waals surface area contributed by atoms with Crippen molar-refractivity contribution >= 4 is 5.91 Å². The third-order valence-corrected chi connectivity index (χ3v) is 5.53. The summed E-state index contributed by atoms with van der Waals surface area (Å²) in [5.41, 5.74) is 1.23. The van der Waals surface area contributed by atoms with Gasteiger partial charge in [-0.25, -0.2) is 0 Å². The molecule has 1 unspecified atom stereocenters. The molecule has 5 heteroatoms. The highest BCUT2D eigenvalue weighted by atomic mass is 16.5. The van der Waals surface area contributed by atoms with Gasteiger partial charge in [0.1, 0.15) is 5.75 Å². The first-order chi connectivity index (χ1) is 12.2. The average molecular weight is 345 g/mol. The summed E-state index contributed by atoms with van der Waals surface area (Å²) in [7, 11) is 1.73. The minimum atomic E-state index is 0.311. The van der Waals surface area contributed by atoms with Gasteiger partial charge in [-0.1, -0.05) is 18.2 Å². The molecule has 0 radical (unpaired) electrons. The van der Waals surface area contributed by atoms with Gasteiger partial charge in [0.05, 0.1) is 13.7 Å². The summed E-state index contributed by atoms with van der Waals surface area (Å²) in [6, 6.07) is 8.63. The van der Waals surface area contributed by atoms with Crippen LogP contribution in [0.3, 0.4) is 0 Å². The van der Waals surface area contributed by atoms with Gasteiger partial charge in [0, 0.05) is 50.9 Å². The number of carbonyl (C=O) groups is 1. The smallest absolute Gasteiger partial charge is 0.236 e. The van der Waals surface area contributed by atoms with Crippen molar-refractivity contribution in [1.82, 2.24) is 14.7 Å². The van der Waals surface area contributed by atoms with Crippen LogP contribution in [0.2, 0.25) is 0 Å². The molecule has 0 aliphatic carbocycles. The molecular formula is C20H31N3O2. The first-order valence-corrected chi connectivity index (χ1v) is 9.53. The molecule has 2 fully saturated rings. The number of likely N-dealkylation sites (tertiary alicyclic amines) is 1. The Morgan fingerprint density at radius 3 is 2.52 bits per heavy atom. The summed E-state index contributed by atoms with van der Waals surface area (Å²) >= 11 is 0. The molecule has 2 aliphatic rings. The number of hydrogen-bond acceptors (Lipinski definition) is 4. The summed E-state index contributed by atoms with van der Waals surface area (Å²) in [6.45, 7) is 8.53. The first kappa shape index (κ1) is 18.2. The standard InChI is InChI=1S/C20H31N3O2/c1-17-7-5-6-10-23(17)20(24)16-22-13-11-21(12-14-22)15-18-8-3-4-9-19(18)25-2/h3-4,8-9,17H,5-7,10-16H2,1-2H3. The molecule has 2 aliphatic heterocycles. The van der Waals surface area contributed by atoms with Crippen LogP contribution in [0.5, 0.6) is 5.75 Å². The lowest BCUT2D eigenvalue weighted by Crippen LogP contribution is -2.51. The molecule has 3 rings (SSSR count). The van der Waals surface area contributed by atoms with Crippen molar-refractivity contribution in [1.29, 1.82) is 0 Å². The summed E-state index contributed by atoms with van der Waals surface area (Å²) in [5.74, 6) is 1.27. The monoisotopic (exact) mass is 345 g/mol. The van der Waals surface area contributed by atoms with E-state index in [0.717, 1.165) is 57.9 Å². The van der Waals surface area contributed by atoms with Crippen LogP contribution in [-0.2, 0) is 11.3 Å². The number of ether oxygens (including phenoxy) is 1. The van der Waals surface area contributed by atoms with Crippen LogP contribution in [0.25, 0.3) is 0 Å². The lowest BCUT2D eigenvalue weighted by Gasteiger charge is -2.38. The second kappa shape index (κ2) is 8.68. The topological polar surface area (TPSA) is 36.0 Å². The van der Waals surface area contributed by atoms with E-state index in [4.69, 9.17) is 4.74 Å². The fraction of sp³-hybridized carbons (Fsp3) is 0.650. The average Bonchev–Trinajstić information content (AvgIpc) is 2.64. The number of carbonyl (C=O) groups excluding carboxylic acids is 1. The maximum absolute atomic E-state index is 12.6. The molecule has 0 bridgehead atoms. The van der Waals surface area contributed by atoms with Crippen LogP contribution in [0, 0.1) is 0 Å². The molecule has 5 nitrogen and oxygen atoms in total. The molecule has 0 spiro atoms. The first-order valence-electron chi connectivity index (χ1n) is 9.53. The molecule has 1 aromatic rings. The molecule has 0 saturated carbocycles. The second-order valence-corrected chi connectivity index (χ2v) is 7.30. The Hall–Kier alpha value is -1.59. The van der Waals surface area contributed by atoms with E-state index in [1.807, 2.05) is 12.1 Å². The van der Waals surface area contributed by atoms with Gasteiger partial charge in [-0.3, -0.25) is 14.6 Å². The number of rotatable bonds is 5. The predicted octanol–water partition coefficient (Wildman–Crippen LogP) is 2.21. The van der Waals surface area contributed by atoms with Crippen LogP contribution in [0.15, 0.2) is 24.3 Å². The van der Waals surface area contributed by atoms with Crippen molar-refractivity contribution in [3.63, 3.8) is 0 Å². The van der Waals surface area contributed by atoms with Gasteiger partial charge in [0.2, 0.25) is 5.91 Å². The van der Waals surface area contributed by atoms with Gasteiger partial charge in [-0.2, -0.15) is 0 Å². The Balaban J connectivity index is 1.46. The van der Waals surface area contributed by atoms with E-state index >= 15 is 0 Å². The Kier molecular flexibility index (Phi) is 6.32. The zero-order chi connectivity index (χ0) is 17.6. The largest absolute Gasteiger partial charge is 0.496 e. The van der Waals surface area contributed by atoms with Gasteiger partial charge in [0.15, 0.2) is 0 Å². The lowest BCUT2D eigenvalue weighted by molar-refractivity contribution is -0.136. The minimum Gasteiger partial charge on any atom is -0.496 e. The predicted molar refractivity (Wildman–Crippen MR) is 99.7 cm³/mol. The molecule has 0 N–H and O–H groups in total. The van der Waals surface area contributed by atoms with E-state index in [1.165, 1.54) is 12.0 Å². The normalized spacial score (nSPS) is 22.8. The summed E-state index contributed by atoms with van der Waals surface area (Å²) in [4.78, 5) is 19.4. The van der Waals surface area contributed by atoms with Crippen LogP contribution in [-0.4, -0.2) is 73.0 Å². The van der Waals surface area contributed by atoms with Crippen molar-refractivity contribution in [3.05, 3.63) is 29.8 Å². The molecule has 2 saturated heterocycles. The van der Waals surface area contributed by atoms with Crippen LogP contribution < -0.4 is 4.74 Å². The van der Waals surface area contributed by atoms with Gasteiger partial charge < -0.3 is 9.64 Å². The quantitative estimate of drug-likeness (QED) is 0.820. The van der Waals surface area contributed by atoms with E-state index in [-0.39, 0.29) is 0 Å².